The SMILES string of the molecule is COc1cc2c(cc1CN1CCOCC1)CCN(C)C2. The second kappa shape index (κ2) is 6.12. The van der Waals surface area contributed by atoms with E-state index in [1.807, 2.05) is 0 Å². The minimum atomic E-state index is 0.845. The number of fused-ring (bicyclic) bond motifs is 1. The fourth-order valence-electron chi connectivity index (χ4n) is 3.09. The monoisotopic (exact) mass is 276 g/mol. The molecular formula is C16H24N2O2. The van der Waals surface area contributed by atoms with E-state index in [1.165, 1.54) is 16.7 Å². The van der Waals surface area contributed by atoms with Gasteiger partial charge in [-0.2, -0.15) is 0 Å². The number of benzene rings is 1. The van der Waals surface area contributed by atoms with Crippen LogP contribution in [-0.4, -0.2) is 56.8 Å². The first-order valence-corrected chi connectivity index (χ1v) is 7.43. The highest BCUT2D eigenvalue weighted by molar-refractivity contribution is 5.44. The molecular weight excluding hydrogens is 252 g/mol. The maximum Gasteiger partial charge on any atom is 0.123 e. The molecule has 1 fully saturated rings. The minimum absolute atomic E-state index is 0.845. The van der Waals surface area contributed by atoms with E-state index in [0.717, 1.165) is 58.1 Å². The molecule has 1 aromatic carbocycles. The molecule has 4 heteroatoms. The fourth-order valence-corrected chi connectivity index (χ4v) is 3.09. The molecule has 0 spiro atoms. The molecule has 3 rings (SSSR count). The molecule has 0 amide bonds. The Labute approximate surface area is 121 Å². The zero-order valence-electron chi connectivity index (χ0n) is 12.5. The Morgan fingerprint density at radius 3 is 2.70 bits per heavy atom. The number of hydrogen-bond donors (Lipinski definition) is 0. The van der Waals surface area contributed by atoms with E-state index in [4.69, 9.17) is 9.47 Å². The van der Waals surface area contributed by atoms with Gasteiger partial charge in [0.1, 0.15) is 5.75 Å². The Morgan fingerprint density at radius 2 is 1.95 bits per heavy atom. The molecule has 0 radical (unpaired) electrons. The van der Waals surface area contributed by atoms with Gasteiger partial charge in [0.25, 0.3) is 0 Å². The van der Waals surface area contributed by atoms with Crippen LogP contribution < -0.4 is 4.74 Å². The maximum absolute atomic E-state index is 5.61. The molecule has 0 unspecified atom stereocenters. The molecule has 0 aliphatic carbocycles. The smallest absolute Gasteiger partial charge is 0.123 e. The highest BCUT2D eigenvalue weighted by atomic mass is 16.5. The van der Waals surface area contributed by atoms with Crippen molar-refractivity contribution in [1.82, 2.24) is 9.80 Å². The van der Waals surface area contributed by atoms with Crippen LogP contribution in [0.2, 0.25) is 0 Å². The average molecular weight is 276 g/mol. The van der Waals surface area contributed by atoms with Crippen molar-refractivity contribution < 1.29 is 9.47 Å². The summed E-state index contributed by atoms with van der Waals surface area (Å²) in [5, 5.41) is 0. The summed E-state index contributed by atoms with van der Waals surface area (Å²) in [6.07, 6.45) is 1.14. The van der Waals surface area contributed by atoms with E-state index in [0.29, 0.717) is 0 Å². The first-order valence-electron chi connectivity index (χ1n) is 7.43. The van der Waals surface area contributed by atoms with Gasteiger partial charge in [0.15, 0.2) is 0 Å². The number of likely N-dealkylation sites (N-methyl/N-ethyl adjacent to an activating group) is 1. The zero-order chi connectivity index (χ0) is 13.9. The minimum Gasteiger partial charge on any atom is -0.496 e. The summed E-state index contributed by atoms with van der Waals surface area (Å²) >= 11 is 0. The highest BCUT2D eigenvalue weighted by Gasteiger charge is 2.19. The van der Waals surface area contributed by atoms with E-state index >= 15 is 0 Å². The number of ether oxygens (including phenoxy) is 2. The molecule has 4 nitrogen and oxygen atoms in total. The Balaban J connectivity index is 1.82. The molecule has 2 aliphatic rings. The molecule has 0 N–H and O–H groups in total. The van der Waals surface area contributed by atoms with Gasteiger partial charge in [-0.25, -0.2) is 0 Å². The summed E-state index contributed by atoms with van der Waals surface area (Å²) in [5.41, 5.74) is 4.23. The van der Waals surface area contributed by atoms with Gasteiger partial charge in [-0.05, 0) is 30.7 Å². The van der Waals surface area contributed by atoms with E-state index in [2.05, 4.69) is 29.0 Å². The second-order valence-corrected chi connectivity index (χ2v) is 5.81. The van der Waals surface area contributed by atoms with Crippen LogP contribution in [0, 0.1) is 0 Å². The van der Waals surface area contributed by atoms with Gasteiger partial charge in [0.05, 0.1) is 20.3 Å². The van der Waals surface area contributed by atoms with Crippen LogP contribution in [0.1, 0.15) is 16.7 Å². The lowest BCUT2D eigenvalue weighted by atomic mass is 9.96. The van der Waals surface area contributed by atoms with Gasteiger partial charge < -0.3 is 14.4 Å². The molecule has 110 valence electrons. The zero-order valence-corrected chi connectivity index (χ0v) is 12.5. The summed E-state index contributed by atoms with van der Waals surface area (Å²) in [6.45, 7) is 6.87. The lowest BCUT2D eigenvalue weighted by molar-refractivity contribution is 0.0338. The third kappa shape index (κ3) is 2.97. The van der Waals surface area contributed by atoms with Gasteiger partial charge in [-0.3, -0.25) is 4.90 Å². The maximum atomic E-state index is 5.61. The van der Waals surface area contributed by atoms with Gasteiger partial charge in [0.2, 0.25) is 0 Å². The van der Waals surface area contributed by atoms with Crippen molar-refractivity contribution in [3.05, 3.63) is 28.8 Å². The average Bonchev–Trinajstić information content (AvgIpc) is 2.48. The fraction of sp³-hybridized carbons (Fsp3) is 0.625. The second-order valence-electron chi connectivity index (χ2n) is 5.81. The van der Waals surface area contributed by atoms with Crippen LogP contribution in [-0.2, 0) is 24.2 Å². The number of rotatable bonds is 3. The third-order valence-corrected chi connectivity index (χ3v) is 4.30. The standard InChI is InChI=1S/C16H24N2O2/c1-17-4-3-13-9-15(12-18-5-7-20-8-6-18)16(19-2)10-14(13)11-17/h9-10H,3-8,11-12H2,1-2H3. The number of morpholine rings is 1. The van der Waals surface area contributed by atoms with Crippen molar-refractivity contribution in [3.8, 4) is 5.75 Å². The lowest BCUT2D eigenvalue weighted by Gasteiger charge is -2.29. The van der Waals surface area contributed by atoms with E-state index in [9.17, 15) is 0 Å². The summed E-state index contributed by atoms with van der Waals surface area (Å²) in [5.74, 6) is 1.03. The predicted molar refractivity (Wildman–Crippen MR) is 79.1 cm³/mol. The van der Waals surface area contributed by atoms with Crippen molar-refractivity contribution in [2.45, 2.75) is 19.5 Å². The van der Waals surface area contributed by atoms with Crippen molar-refractivity contribution in [2.24, 2.45) is 0 Å². The lowest BCUT2D eigenvalue weighted by Crippen LogP contribution is -2.36. The Hall–Kier alpha value is -1.10. The quantitative estimate of drug-likeness (QED) is 0.835. The van der Waals surface area contributed by atoms with Gasteiger partial charge >= 0.3 is 0 Å². The van der Waals surface area contributed by atoms with Crippen molar-refractivity contribution >= 4 is 0 Å². The molecule has 1 saturated heterocycles. The normalized spacial score (nSPS) is 20.7. The van der Waals surface area contributed by atoms with Gasteiger partial charge in [0, 0.05) is 38.3 Å². The number of nitrogens with zero attached hydrogens (tertiary/aromatic N) is 2. The van der Waals surface area contributed by atoms with Crippen LogP contribution >= 0.6 is 0 Å². The molecule has 1 aromatic rings. The highest BCUT2D eigenvalue weighted by Crippen LogP contribution is 2.28. The van der Waals surface area contributed by atoms with Gasteiger partial charge in [-0.15, -0.1) is 0 Å². The summed E-state index contributed by atoms with van der Waals surface area (Å²) < 4.78 is 11.0. The van der Waals surface area contributed by atoms with E-state index < -0.39 is 0 Å². The summed E-state index contributed by atoms with van der Waals surface area (Å²) in [6, 6.07) is 4.59. The van der Waals surface area contributed by atoms with Crippen LogP contribution in [0.15, 0.2) is 12.1 Å². The molecule has 0 aromatic heterocycles. The van der Waals surface area contributed by atoms with Crippen molar-refractivity contribution in [2.75, 3.05) is 47.0 Å². The Kier molecular flexibility index (Phi) is 4.24. The topological polar surface area (TPSA) is 24.9 Å². The van der Waals surface area contributed by atoms with E-state index in [1.54, 1.807) is 7.11 Å². The predicted octanol–water partition coefficient (Wildman–Crippen LogP) is 1.52. The van der Waals surface area contributed by atoms with Crippen LogP contribution in [0.5, 0.6) is 5.75 Å². The van der Waals surface area contributed by atoms with Crippen molar-refractivity contribution in [1.29, 1.82) is 0 Å². The Bertz CT molecular complexity index is 470. The van der Waals surface area contributed by atoms with Crippen LogP contribution in [0.25, 0.3) is 0 Å². The number of hydrogen-bond acceptors (Lipinski definition) is 4. The molecule has 0 bridgehead atoms. The largest absolute Gasteiger partial charge is 0.496 e. The molecule has 2 heterocycles. The molecule has 2 aliphatic heterocycles. The first kappa shape index (κ1) is 13.9. The molecule has 0 atom stereocenters. The molecule has 0 saturated carbocycles. The third-order valence-electron chi connectivity index (χ3n) is 4.30. The van der Waals surface area contributed by atoms with E-state index in [-0.39, 0.29) is 0 Å². The number of methoxy groups -OCH3 is 1. The van der Waals surface area contributed by atoms with Crippen LogP contribution in [0.3, 0.4) is 0 Å². The van der Waals surface area contributed by atoms with Crippen molar-refractivity contribution in [3.63, 3.8) is 0 Å². The Morgan fingerprint density at radius 1 is 1.15 bits per heavy atom. The van der Waals surface area contributed by atoms with Gasteiger partial charge in [-0.1, -0.05) is 6.07 Å². The van der Waals surface area contributed by atoms with Crippen LogP contribution in [0.4, 0.5) is 0 Å². The molecule has 20 heavy (non-hydrogen) atoms. The summed E-state index contributed by atoms with van der Waals surface area (Å²) in [7, 11) is 3.95. The summed E-state index contributed by atoms with van der Waals surface area (Å²) in [4.78, 5) is 4.81. The first-order chi connectivity index (χ1) is 9.76.